The van der Waals surface area contributed by atoms with Gasteiger partial charge in [-0.25, -0.2) is 0 Å². The van der Waals surface area contributed by atoms with E-state index in [2.05, 4.69) is 0 Å². The zero-order valence-electron chi connectivity index (χ0n) is 8.64. The molecule has 0 aliphatic heterocycles. The van der Waals surface area contributed by atoms with Gasteiger partial charge in [0.2, 0.25) is 0 Å². The van der Waals surface area contributed by atoms with Crippen LogP contribution < -0.4 is 0 Å². The summed E-state index contributed by atoms with van der Waals surface area (Å²) in [5.41, 5.74) is 0.374. The third-order valence-corrected chi connectivity index (χ3v) is 3.71. The molecule has 18 heavy (non-hydrogen) atoms. The first-order valence-corrected chi connectivity index (χ1v) is 6.25. The van der Waals surface area contributed by atoms with Crippen molar-refractivity contribution in [3.05, 3.63) is 45.4 Å². The van der Waals surface area contributed by atoms with Crippen LogP contribution in [0.3, 0.4) is 0 Å². The van der Waals surface area contributed by atoms with Gasteiger partial charge in [-0.05, 0) is 35.3 Å². The molecule has 0 spiro atoms. The fourth-order valence-corrected chi connectivity index (χ4v) is 2.67. The quantitative estimate of drug-likeness (QED) is 0.737. The SMILES string of the molecule is O=C(Cl)c1ccc2c(Cl)c(C(=O)Cl)ccc2c1Cl. The molecule has 0 aliphatic rings. The highest BCUT2D eigenvalue weighted by Gasteiger charge is 2.16. The molecule has 0 unspecified atom stereocenters. The van der Waals surface area contributed by atoms with E-state index in [9.17, 15) is 9.59 Å². The summed E-state index contributed by atoms with van der Waals surface area (Å²) in [6, 6.07) is 6.05. The molecule has 0 N–H and O–H groups in total. The zero-order chi connectivity index (χ0) is 13.4. The maximum absolute atomic E-state index is 11.1. The molecule has 0 aromatic heterocycles. The van der Waals surface area contributed by atoms with Crippen LogP contribution in [0.4, 0.5) is 0 Å². The van der Waals surface area contributed by atoms with Gasteiger partial charge in [0.15, 0.2) is 0 Å². The molecular weight excluding hydrogens is 318 g/mol. The molecule has 2 aromatic rings. The van der Waals surface area contributed by atoms with E-state index in [0.29, 0.717) is 10.8 Å². The van der Waals surface area contributed by atoms with E-state index in [1.165, 1.54) is 12.1 Å². The Kier molecular flexibility index (Phi) is 3.83. The van der Waals surface area contributed by atoms with E-state index >= 15 is 0 Å². The summed E-state index contributed by atoms with van der Waals surface area (Å²) in [6.07, 6.45) is 0. The van der Waals surface area contributed by atoms with E-state index in [4.69, 9.17) is 46.4 Å². The number of fused-ring (bicyclic) bond motifs is 1. The van der Waals surface area contributed by atoms with Gasteiger partial charge in [-0.1, -0.05) is 35.3 Å². The number of rotatable bonds is 2. The molecule has 0 fully saturated rings. The normalized spacial score (nSPS) is 10.7. The summed E-state index contributed by atoms with van der Waals surface area (Å²) >= 11 is 22.9. The minimum Gasteiger partial charge on any atom is -0.276 e. The lowest BCUT2D eigenvalue weighted by molar-refractivity contribution is 0.107. The van der Waals surface area contributed by atoms with Gasteiger partial charge in [0, 0.05) is 10.8 Å². The van der Waals surface area contributed by atoms with Gasteiger partial charge >= 0.3 is 0 Å². The highest BCUT2D eigenvalue weighted by Crippen LogP contribution is 2.34. The van der Waals surface area contributed by atoms with Gasteiger partial charge in [-0.3, -0.25) is 9.59 Å². The maximum atomic E-state index is 11.1. The Morgan fingerprint density at radius 3 is 1.33 bits per heavy atom. The number of carbonyl (C=O) groups excluding carboxylic acids is 2. The number of hydrogen-bond acceptors (Lipinski definition) is 2. The molecule has 92 valence electrons. The zero-order valence-corrected chi connectivity index (χ0v) is 11.7. The van der Waals surface area contributed by atoms with Crippen molar-refractivity contribution < 1.29 is 9.59 Å². The summed E-state index contributed by atoms with van der Waals surface area (Å²) < 4.78 is 0. The number of hydrogen-bond donors (Lipinski definition) is 0. The van der Waals surface area contributed by atoms with Crippen molar-refractivity contribution in [3.63, 3.8) is 0 Å². The Morgan fingerprint density at radius 1 is 0.722 bits per heavy atom. The van der Waals surface area contributed by atoms with E-state index in [1.54, 1.807) is 12.1 Å². The molecule has 0 saturated carbocycles. The van der Waals surface area contributed by atoms with Crippen LogP contribution in [0.5, 0.6) is 0 Å². The highest BCUT2D eigenvalue weighted by atomic mass is 35.5. The predicted octanol–water partition coefficient (Wildman–Crippen LogP) is 4.90. The van der Waals surface area contributed by atoms with Crippen LogP contribution in [0.2, 0.25) is 10.0 Å². The number of halogens is 4. The number of benzene rings is 2. The Labute approximate surface area is 122 Å². The first kappa shape index (κ1) is 13.6. The van der Waals surface area contributed by atoms with Gasteiger partial charge in [0.05, 0.1) is 21.2 Å². The molecule has 0 radical (unpaired) electrons. The summed E-state index contributed by atoms with van der Waals surface area (Å²) in [4.78, 5) is 22.3. The molecule has 0 heterocycles. The van der Waals surface area contributed by atoms with Gasteiger partial charge in [0.1, 0.15) is 0 Å². The summed E-state index contributed by atoms with van der Waals surface area (Å²) in [6.45, 7) is 0. The van der Waals surface area contributed by atoms with E-state index in [0.717, 1.165) is 0 Å². The third kappa shape index (κ3) is 2.21. The topological polar surface area (TPSA) is 34.1 Å². The summed E-state index contributed by atoms with van der Waals surface area (Å²) in [5, 5.41) is 0.154. The molecule has 0 bridgehead atoms. The largest absolute Gasteiger partial charge is 0.276 e. The fourth-order valence-electron chi connectivity index (χ4n) is 1.64. The van der Waals surface area contributed by atoms with Crippen molar-refractivity contribution in [2.75, 3.05) is 0 Å². The standard InChI is InChI=1S/C12H4Cl4O2/c13-9-5-1-3-7(11(15)17)10(14)6(5)2-4-8(9)12(16)18/h1-4H. The lowest BCUT2D eigenvalue weighted by Gasteiger charge is -2.08. The number of carbonyl (C=O) groups is 2. The van der Waals surface area contributed by atoms with E-state index < -0.39 is 10.5 Å². The summed E-state index contributed by atoms with van der Waals surface area (Å²) in [7, 11) is 0. The van der Waals surface area contributed by atoms with Crippen LogP contribution in [0.1, 0.15) is 20.7 Å². The molecular formula is C12H4Cl4O2. The average molecular weight is 322 g/mol. The van der Waals surface area contributed by atoms with Crippen molar-refractivity contribution >= 4 is 67.7 Å². The van der Waals surface area contributed by atoms with Crippen LogP contribution in [0, 0.1) is 0 Å². The second-order valence-corrected chi connectivity index (χ2v) is 4.94. The maximum Gasteiger partial charge on any atom is 0.253 e. The molecule has 0 amide bonds. The first-order valence-electron chi connectivity index (χ1n) is 4.74. The average Bonchev–Trinajstić information content (AvgIpc) is 2.29. The van der Waals surface area contributed by atoms with Crippen LogP contribution >= 0.6 is 46.4 Å². The Bertz CT molecular complexity index is 620. The molecule has 0 saturated heterocycles. The lowest BCUT2D eigenvalue weighted by Crippen LogP contribution is -1.94. The van der Waals surface area contributed by atoms with Crippen molar-refractivity contribution in [1.82, 2.24) is 0 Å². The van der Waals surface area contributed by atoms with Crippen molar-refractivity contribution in [3.8, 4) is 0 Å². The van der Waals surface area contributed by atoms with Gasteiger partial charge in [0.25, 0.3) is 10.5 Å². The van der Waals surface area contributed by atoms with Crippen LogP contribution in [-0.2, 0) is 0 Å². The van der Waals surface area contributed by atoms with Crippen LogP contribution in [0.15, 0.2) is 24.3 Å². The summed E-state index contributed by atoms with van der Waals surface area (Å²) in [5.74, 6) is 0. The first-order chi connectivity index (χ1) is 8.43. The van der Waals surface area contributed by atoms with E-state index in [-0.39, 0.29) is 21.2 Å². The Balaban J connectivity index is 2.83. The van der Waals surface area contributed by atoms with Gasteiger partial charge < -0.3 is 0 Å². The molecule has 2 rings (SSSR count). The van der Waals surface area contributed by atoms with Crippen LogP contribution in [0.25, 0.3) is 10.8 Å². The van der Waals surface area contributed by atoms with Crippen molar-refractivity contribution in [2.45, 2.75) is 0 Å². The molecule has 2 nitrogen and oxygen atoms in total. The van der Waals surface area contributed by atoms with E-state index in [1.807, 2.05) is 0 Å². The molecule has 2 aromatic carbocycles. The Hall–Kier alpha value is -0.800. The molecule has 0 atom stereocenters. The van der Waals surface area contributed by atoms with Crippen LogP contribution in [-0.4, -0.2) is 10.5 Å². The monoisotopic (exact) mass is 320 g/mol. The van der Waals surface area contributed by atoms with Crippen molar-refractivity contribution in [1.29, 1.82) is 0 Å². The molecule has 6 heteroatoms. The van der Waals surface area contributed by atoms with Gasteiger partial charge in [-0.2, -0.15) is 0 Å². The minimum absolute atomic E-state index is 0.187. The second kappa shape index (κ2) is 5.06. The fraction of sp³-hybridized carbons (Fsp3) is 0. The Morgan fingerprint density at radius 2 is 1.06 bits per heavy atom. The smallest absolute Gasteiger partial charge is 0.253 e. The lowest BCUT2D eigenvalue weighted by atomic mass is 10.0. The minimum atomic E-state index is -0.657. The predicted molar refractivity (Wildman–Crippen MR) is 74.3 cm³/mol. The molecule has 0 aliphatic carbocycles. The second-order valence-electron chi connectivity index (χ2n) is 3.50. The van der Waals surface area contributed by atoms with Gasteiger partial charge in [-0.15, -0.1) is 0 Å². The third-order valence-electron chi connectivity index (χ3n) is 2.49. The van der Waals surface area contributed by atoms with Crippen molar-refractivity contribution in [2.24, 2.45) is 0 Å². The highest BCUT2D eigenvalue weighted by molar-refractivity contribution is 6.70.